The summed E-state index contributed by atoms with van der Waals surface area (Å²) in [7, 11) is 0. The van der Waals surface area contributed by atoms with Gasteiger partial charge in [-0.05, 0) is 82.9 Å². The highest BCUT2D eigenvalue weighted by Gasteiger charge is 2.19. The number of hydrogen-bond acceptors (Lipinski definition) is 0. The lowest BCUT2D eigenvalue weighted by Crippen LogP contribution is -1.98. The molecule has 0 aromatic heterocycles. The summed E-state index contributed by atoms with van der Waals surface area (Å²) < 4.78 is 0. The number of rotatable bonds is 4. The summed E-state index contributed by atoms with van der Waals surface area (Å²) in [5.74, 6) is 0. The second-order valence-corrected chi connectivity index (χ2v) is 10.8. The molecule has 0 aliphatic carbocycles. The molecular weight excluding hydrogens is 492 g/mol. The molecule has 8 rings (SSSR count). The van der Waals surface area contributed by atoms with Crippen LogP contribution in [-0.4, -0.2) is 0 Å². The highest BCUT2D eigenvalue weighted by molar-refractivity contribution is 6.17. The van der Waals surface area contributed by atoms with E-state index in [1.165, 1.54) is 76.5 Å². The SMILES string of the molecule is c1ccc(-c2c3ccccc3c(Cc3c4ccccc4c(-c4ccccc4)c4ccccc34)c3ccccc23)cc1. The summed E-state index contributed by atoms with van der Waals surface area (Å²) in [6.45, 7) is 0. The molecule has 8 aromatic rings. The Morgan fingerprint density at radius 1 is 0.244 bits per heavy atom. The third-order valence-electron chi connectivity index (χ3n) is 8.56. The van der Waals surface area contributed by atoms with E-state index in [0.717, 1.165) is 6.42 Å². The molecular formula is C41H28. The van der Waals surface area contributed by atoms with Crippen LogP contribution in [0.15, 0.2) is 158 Å². The Kier molecular flexibility index (Phi) is 5.64. The maximum absolute atomic E-state index is 2.31. The van der Waals surface area contributed by atoms with Crippen molar-refractivity contribution in [3.05, 3.63) is 169 Å². The third-order valence-corrected chi connectivity index (χ3v) is 8.56. The molecule has 0 nitrogen and oxygen atoms in total. The summed E-state index contributed by atoms with van der Waals surface area (Å²) in [6.07, 6.45) is 0.853. The Hall–Kier alpha value is -5.20. The number of benzene rings is 8. The fourth-order valence-electron chi connectivity index (χ4n) is 6.83. The minimum absolute atomic E-state index is 0.853. The molecule has 0 aliphatic rings. The second-order valence-electron chi connectivity index (χ2n) is 10.8. The van der Waals surface area contributed by atoms with Gasteiger partial charge in [0, 0.05) is 0 Å². The van der Waals surface area contributed by atoms with Gasteiger partial charge >= 0.3 is 0 Å². The quantitative estimate of drug-likeness (QED) is 0.202. The van der Waals surface area contributed by atoms with Crippen LogP contribution in [0, 0.1) is 0 Å². The molecule has 0 heteroatoms. The van der Waals surface area contributed by atoms with Crippen LogP contribution in [-0.2, 0) is 6.42 Å². The summed E-state index contributed by atoms with van der Waals surface area (Å²) in [5.41, 5.74) is 7.92. The molecule has 0 saturated carbocycles. The highest BCUT2D eigenvalue weighted by atomic mass is 14.2. The van der Waals surface area contributed by atoms with E-state index in [4.69, 9.17) is 0 Å². The molecule has 0 bridgehead atoms. The fourth-order valence-corrected chi connectivity index (χ4v) is 6.83. The first-order valence-corrected chi connectivity index (χ1v) is 14.3. The van der Waals surface area contributed by atoms with Crippen molar-refractivity contribution in [2.45, 2.75) is 6.42 Å². The maximum atomic E-state index is 2.31. The maximum Gasteiger partial charge on any atom is -0.000110 e. The van der Waals surface area contributed by atoms with E-state index < -0.39 is 0 Å². The van der Waals surface area contributed by atoms with Crippen molar-refractivity contribution in [2.75, 3.05) is 0 Å². The molecule has 0 fully saturated rings. The molecule has 0 spiro atoms. The molecule has 0 heterocycles. The third kappa shape index (κ3) is 3.84. The number of hydrogen-bond donors (Lipinski definition) is 0. The van der Waals surface area contributed by atoms with Crippen molar-refractivity contribution in [3.8, 4) is 22.3 Å². The molecule has 0 unspecified atom stereocenters. The van der Waals surface area contributed by atoms with Gasteiger partial charge in [-0.2, -0.15) is 0 Å². The Bertz CT molecular complexity index is 1930. The zero-order valence-corrected chi connectivity index (χ0v) is 22.7. The van der Waals surface area contributed by atoms with Gasteiger partial charge in [0.1, 0.15) is 0 Å². The largest absolute Gasteiger partial charge is 0.0622 e. The van der Waals surface area contributed by atoms with E-state index in [1.54, 1.807) is 0 Å². The summed E-state index contributed by atoms with van der Waals surface area (Å²) in [6, 6.07) is 57.5. The van der Waals surface area contributed by atoms with Gasteiger partial charge in [-0.3, -0.25) is 0 Å². The second kappa shape index (κ2) is 9.77. The van der Waals surface area contributed by atoms with Gasteiger partial charge in [0.15, 0.2) is 0 Å². The first kappa shape index (κ1) is 23.7. The van der Waals surface area contributed by atoms with Crippen LogP contribution in [0.5, 0.6) is 0 Å². The zero-order valence-electron chi connectivity index (χ0n) is 22.7. The van der Waals surface area contributed by atoms with Crippen molar-refractivity contribution < 1.29 is 0 Å². The molecule has 0 atom stereocenters. The van der Waals surface area contributed by atoms with Gasteiger partial charge in [0.25, 0.3) is 0 Å². The highest BCUT2D eigenvalue weighted by Crippen LogP contribution is 2.43. The first-order chi connectivity index (χ1) is 20.4. The Morgan fingerprint density at radius 2 is 0.488 bits per heavy atom. The fraction of sp³-hybridized carbons (Fsp3) is 0.0244. The van der Waals surface area contributed by atoms with Gasteiger partial charge < -0.3 is 0 Å². The van der Waals surface area contributed by atoms with Crippen LogP contribution in [0.2, 0.25) is 0 Å². The zero-order chi connectivity index (χ0) is 27.2. The average Bonchev–Trinajstić information content (AvgIpc) is 3.05. The normalized spacial score (nSPS) is 11.5. The van der Waals surface area contributed by atoms with Gasteiger partial charge in [-0.25, -0.2) is 0 Å². The minimum Gasteiger partial charge on any atom is -0.0622 e. The van der Waals surface area contributed by atoms with E-state index in [1.807, 2.05) is 0 Å². The first-order valence-electron chi connectivity index (χ1n) is 14.3. The van der Waals surface area contributed by atoms with E-state index in [-0.39, 0.29) is 0 Å². The van der Waals surface area contributed by atoms with Gasteiger partial charge in [0.05, 0.1) is 0 Å². The van der Waals surface area contributed by atoms with Gasteiger partial charge in [-0.1, -0.05) is 158 Å². The van der Waals surface area contributed by atoms with Crippen molar-refractivity contribution in [3.63, 3.8) is 0 Å². The van der Waals surface area contributed by atoms with Gasteiger partial charge in [-0.15, -0.1) is 0 Å². The summed E-state index contributed by atoms with van der Waals surface area (Å²) in [4.78, 5) is 0. The lowest BCUT2D eigenvalue weighted by molar-refractivity contribution is 1.28. The molecule has 0 radical (unpaired) electrons. The summed E-state index contributed by atoms with van der Waals surface area (Å²) in [5, 5.41) is 10.5. The standard InChI is InChI=1S/C41H28/c1-3-15-28(16-4-1)40-34-23-11-7-19-30(34)38(31-20-8-12-24-35(31)40)27-39-32-21-9-13-25-36(32)41(29-17-5-2-6-18-29)37-26-14-10-22-33(37)39/h1-26H,27H2. The summed E-state index contributed by atoms with van der Waals surface area (Å²) >= 11 is 0. The van der Waals surface area contributed by atoms with Crippen molar-refractivity contribution in [1.29, 1.82) is 0 Å². The van der Waals surface area contributed by atoms with Crippen LogP contribution >= 0.6 is 0 Å². The Balaban J connectivity index is 1.47. The van der Waals surface area contributed by atoms with Crippen LogP contribution in [0.3, 0.4) is 0 Å². The van der Waals surface area contributed by atoms with Gasteiger partial charge in [0.2, 0.25) is 0 Å². The van der Waals surface area contributed by atoms with E-state index in [9.17, 15) is 0 Å². The molecule has 0 aliphatic heterocycles. The smallest absolute Gasteiger partial charge is 0.000110 e. The van der Waals surface area contributed by atoms with Crippen LogP contribution in [0.4, 0.5) is 0 Å². The van der Waals surface area contributed by atoms with Crippen LogP contribution in [0.25, 0.3) is 65.3 Å². The Morgan fingerprint density at radius 3 is 0.780 bits per heavy atom. The molecule has 192 valence electrons. The molecule has 0 N–H and O–H groups in total. The lowest BCUT2D eigenvalue weighted by Gasteiger charge is -2.20. The van der Waals surface area contributed by atoms with E-state index in [2.05, 4.69) is 158 Å². The van der Waals surface area contributed by atoms with Crippen LogP contribution in [0.1, 0.15) is 11.1 Å². The van der Waals surface area contributed by atoms with Crippen molar-refractivity contribution >= 4 is 43.1 Å². The predicted octanol–water partition coefficient (Wildman–Crippen LogP) is 11.2. The van der Waals surface area contributed by atoms with Crippen molar-refractivity contribution in [2.24, 2.45) is 0 Å². The molecule has 0 saturated heterocycles. The number of fused-ring (bicyclic) bond motifs is 4. The average molecular weight is 521 g/mol. The molecule has 41 heavy (non-hydrogen) atoms. The molecule has 8 aromatic carbocycles. The predicted molar refractivity (Wildman–Crippen MR) is 177 cm³/mol. The lowest BCUT2D eigenvalue weighted by atomic mass is 9.83. The molecule has 0 amide bonds. The van der Waals surface area contributed by atoms with Crippen LogP contribution < -0.4 is 0 Å². The topological polar surface area (TPSA) is 0 Å². The monoisotopic (exact) mass is 520 g/mol. The Labute approximate surface area is 240 Å². The minimum atomic E-state index is 0.853. The van der Waals surface area contributed by atoms with E-state index in [0.29, 0.717) is 0 Å². The van der Waals surface area contributed by atoms with Crippen molar-refractivity contribution in [1.82, 2.24) is 0 Å². The van der Waals surface area contributed by atoms with E-state index >= 15 is 0 Å².